The molecule has 2 heterocycles. The molecule has 0 saturated heterocycles. The second-order valence-electron chi connectivity index (χ2n) is 6.89. The van der Waals surface area contributed by atoms with Crippen LogP contribution in [-0.4, -0.2) is 21.4 Å². The fourth-order valence-electron chi connectivity index (χ4n) is 3.21. The first-order chi connectivity index (χ1) is 15.3. The topological polar surface area (TPSA) is 89.2 Å². The molecule has 2 amide bonds. The van der Waals surface area contributed by atoms with Gasteiger partial charge in [0.15, 0.2) is 5.76 Å². The van der Waals surface area contributed by atoms with E-state index in [0.717, 1.165) is 12.1 Å². The third kappa shape index (κ3) is 4.64. The molecule has 4 aromatic rings. The van der Waals surface area contributed by atoms with Crippen molar-refractivity contribution in [3.63, 3.8) is 0 Å². The lowest BCUT2D eigenvalue weighted by Gasteiger charge is -2.12. The normalized spacial score (nSPS) is 11.5. The monoisotopic (exact) mass is 442 g/mol. The summed E-state index contributed by atoms with van der Waals surface area (Å²) >= 11 is 0. The molecule has 4 rings (SSSR count). The van der Waals surface area contributed by atoms with Gasteiger partial charge in [-0.3, -0.25) is 9.59 Å². The largest absolute Gasteiger partial charge is 0.459 e. The zero-order valence-electron chi connectivity index (χ0n) is 16.5. The first-order valence-electron chi connectivity index (χ1n) is 9.54. The number of rotatable bonds is 6. The first kappa shape index (κ1) is 21.2. The summed E-state index contributed by atoms with van der Waals surface area (Å²) in [5, 5.41) is 5.16. The second-order valence-corrected chi connectivity index (χ2v) is 6.89. The molecule has 0 bridgehead atoms. The van der Waals surface area contributed by atoms with Gasteiger partial charge in [-0.05, 0) is 42.5 Å². The number of anilines is 1. The molecule has 164 valence electrons. The van der Waals surface area contributed by atoms with E-state index in [9.17, 15) is 22.8 Å². The Morgan fingerprint density at radius 1 is 1.03 bits per heavy atom. The van der Waals surface area contributed by atoms with Crippen LogP contribution in [0.3, 0.4) is 0 Å². The Bertz CT molecular complexity index is 1260. The Balaban J connectivity index is 1.53. The molecule has 10 heteroatoms. The molecule has 0 aliphatic rings. The van der Waals surface area contributed by atoms with Crippen LogP contribution in [0.5, 0.6) is 0 Å². The molecule has 0 spiro atoms. The number of aromatic nitrogens is 2. The molecule has 2 N–H and O–H groups in total. The average Bonchev–Trinajstić information content (AvgIpc) is 3.40. The van der Waals surface area contributed by atoms with Gasteiger partial charge < -0.3 is 19.6 Å². The molecule has 7 nitrogen and oxygen atoms in total. The summed E-state index contributed by atoms with van der Waals surface area (Å²) in [6, 6.07) is 14.6. The summed E-state index contributed by atoms with van der Waals surface area (Å²) in [7, 11) is 0. The molecule has 0 radical (unpaired) electrons. The van der Waals surface area contributed by atoms with Gasteiger partial charge in [0, 0.05) is 5.69 Å². The number of benzene rings is 2. The molecule has 32 heavy (non-hydrogen) atoms. The molecule has 0 saturated carbocycles. The number of amides is 2. The number of nitrogens with zero attached hydrogens (tertiary/aromatic N) is 2. The van der Waals surface area contributed by atoms with Crippen LogP contribution in [0.15, 0.2) is 71.3 Å². The summed E-state index contributed by atoms with van der Waals surface area (Å²) < 4.78 is 45.4. The lowest BCUT2D eigenvalue weighted by molar-refractivity contribution is -0.137. The Morgan fingerprint density at radius 3 is 2.59 bits per heavy atom. The summed E-state index contributed by atoms with van der Waals surface area (Å²) in [6.07, 6.45) is -3.14. The SMILES string of the molecule is O=C(Cn1c(CNC(=O)c2ccco2)nc2ccccc21)Nc1cccc(C(F)(F)F)c1. The van der Waals surface area contributed by atoms with E-state index in [4.69, 9.17) is 4.42 Å². The third-order valence-corrected chi connectivity index (χ3v) is 4.66. The summed E-state index contributed by atoms with van der Waals surface area (Å²) in [4.78, 5) is 29.2. The van der Waals surface area contributed by atoms with Crippen molar-refractivity contribution in [3.05, 3.63) is 84.1 Å². The van der Waals surface area contributed by atoms with Crippen molar-refractivity contribution in [1.29, 1.82) is 0 Å². The number of imidazole rings is 1. The standard InChI is InChI=1S/C22H17F3N4O3/c23-22(24,25)14-5-3-6-15(11-14)27-20(30)13-29-17-8-2-1-7-16(17)28-19(29)12-26-21(31)18-9-4-10-32-18/h1-11H,12-13H2,(H,26,31)(H,27,30). The van der Waals surface area contributed by atoms with Crippen molar-refractivity contribution in [2.24, 2.45) is 0 Å². The summed E-state index contributed by atoms with van der Waals surface area (Å²) in [5.74, 6) is -0.437. The van der Waals surface area contributed by atoms with Crippen LogP contribution < -0.4 is 10.6 Å². The molecule has 0 fully saturated rings. The van der Waals surface area contributed by atoms with Gasteiger partial charge in [0.2, 0.25) is 5.91 Å². The highest BCUT2D eigenvalue weighted by Gasteiger charge is 2.30. The van der Waals surface area contributed by atoms with E-state index >= 15 is 0 Å². The molecule has 0 atom stereocenters. The highest BCUT2D eigenvalue weighted by Crippen LogP contribution is 2.30. The third-order valence-electron chi connectivity index (χ3n) is 4.66. The molecule has 0 aliphatic carbocycles. The zero-order chi connectivity index (χ0) is 22.7. The predicted molar refractivity (Wildman–Crippen MR) is 110 cm³/mol. The van der Waals surface area contributed by atoms with E-state index in [-0.39, 0.29) is 24.5 Å². The van der Waals surface area contributed by atoms with Crippen LogP contribution in [0, 0.1) is 0 Å². The quantitative estimate of drug-likeness (QED) is 0.468. The van der Waals surface area contributed by atoms with Crippen molar-refractivity contribution in [3.8, 4) is 0 Å². The molecular weight excluding hydrogens is 425 g/mol. The van der Waals surface area contributed by atoms with Gasteiger partial charge in [-0.15, -0.1) is 0 Å². The number of hydrogen-bond acceptors (Lipinski definition) is 4. The number of carbonyl (C=O) groups excluding carboxylic acids is 2. The Labute approximate surface area is 179 Å². The van der Waals surface area contributed by atoms with Gasteiger partial charge in [-0.1, -0.05) is 18.2 Å². The van der Waals surface area contributed by atoms with Crippen LogP contribution >= 0.6 is 0 Å². The van der Waals surface area contributed by atoms with Crippen molar-refractivity contribution >= 4 is 28.5 Å². The van der Waals surface area contributed by atoms with Crippen LogP contribution in [0.25, 0.3) is 11.0 Å². The van der Waals surface area contributed by atoms with Gasteiger partial charge >= 0.3 is 6.18 Å². The van der Waals surface area contributed by atoms with Crippen molar-refractivity contribution in [2.75, 3.05) is 5.32 Å². The highest BCUT2D eigenvalue weighted by molar-refractivity contribution is 5.92. The van der Waals surface area contributed by atoms with Gasteiger partial charge in [0.25, 0.3) is 5.91 Å². The van der Waals surface area contributed by atoms with Gasteiger partial charge in [-0.2, -0.15) is 13.2 Å². The van der Waals surface area contributed by atoms with E-state index in [1.165, 1.54) is 24.5 Å². The molecule has 2 aromatic carbocycles. The number of fused-ring (bicyclic) bond motifs is 1. The number of alkyl halides is 3. The number of carbonyl (C=O) groups is 2. The first-order valence-corrected chi connectivity index (χ1v) is 9.54. The maximum atomic E-state index is 12.9. The highest BCUT2D eigenvalue weighted by atomic mass is 19.4. The van der Waals surface area contributed by atoms with E-state index in [0.29, 0.717) is 16.9 Å². The van der Waals surface area contributed by atoms with Crippen molar-refractivity contribution in [1.82, 2.24) is 14.9 Å². The minimum Gasteiger partial charge on any atom is -0.459 e. The fraction of sp³-hybridized carbons (Fsp3) is 0.136. The summed E-state index contributed by atoms with van der Waals surface area (Å²) in [6.45, 7) is -0.187. The van der Waals surface area contributed by atoms with Crippen LogP contribution in [0.1, 0.15) is 21.9 Å². The van der Waals surface area contributed by atoms with E-state index < -0.39 is 23.6 Å². The maximum Gasteiger partial charge on any atom is 0.416 e. The number of hydrogen-bond donors (Lipinski definition) is 2. The van der Waals surface area contributed by atoms with E-state index in [1.807, 2.05) is 0 Å². The number of nitrogens with one attached hydrogen (secondary N) is 2. The Hall–Kier alpha value is -4.08. The van der Waals surface area contributed by atoms with E-state index in [1.54, 1.807) is 34.9 Å². The van der Waals surface area contributed by atoms with Gasteiger partial charge in [-0.25, -0.2) is 4.98 Å². The number of halogens is 3. The Kier molecular flexibility index (Phi) is 5.67. The predicted octanol–water partition coefficient (Wildman–Crippen LogP) is 4.22. The van der Waals surface area contributed by atoms with Crippen LogP contribution in [-0.2, 0) is 24.1 Å². The molecule has 2 aromatic heterocycles. The average molecular weight is 442 g/mol. The smallest absolute Gasteiger partial charge is 0.416 e. The minimum absolute atomic E-state index is 0.0189. The molecule has 0 aliphatic heterocycles. The number of furan rings is 1. The van der Waals surface area contributed by atoms with Gasteiger partial charge in [0.05, 0.1) is 29.4 Å². The van der Waals surface area contributed by atoms with E-state index in [2.05, 4.69) is 15.6 Å². The number of para-hydroxylation sites is 2. The van der Waals surface area contributed by atoms with Crippen molar-refractivity contribution in [2.45, 2.75) is 19.3 Å². The van der Waals surface area contributed by atoms with Crippen LogP contribution in [0.2, 0.25) is 0 Å². The second kappa shape index (κ2) is 8.58. The summed E-state index contributed by atoms with van der Waals surface area (Å²) in [5.41, 5.74) is 0.433. The zero-order valence-corrected chi connectivity index (χ0v) is 16.5. The minimum atomic E-state index is -4.51. The fourth-order valence-corrected chi connectivity index (χ4v) is 3.21. The lowest BCUT2D eigenvalue weighted by atomic mass is 10.2. The van der Waals surface area contributed by atoms with Crippen LogP contribution in [0.4, 0.5) is 18.9 Å². The molecular formula is C22H17F3N4O3. The lowest BCUT2D eigenvalue weighted by Crippen LogP contribution is -2.26. The Morgan fingerprint density at radius 2 is 1.84 bits per heavy atom. The van der Waals surface area contributed by atoms with Crippen molar-refractivity contribution < 1.29 is 27.2 Å². The van der Waals surface area contributed by atoms with Gasteiger partial charge in [0.1, 0.15) is 12.4 Å². The molecule has 0 unspecified atom stereocenters. The maximum absolute atomic E-state index is 12.9.